The van der Waals surface area contributed by atoms with Gasteiger partial charge in [0, 0.05) is 17.9 Å². The lowest BCUT2D eigenvalue weighted by atomic mass is 9.83. The third kappa shape index (κ3) is 2.65. The quantitative estimate of drug-likeness (QED) is 0.876. The molecule has 0 aromatic heterocycles. The molecule has 0 saturated carbocycles. The summed E-state index contributed by atoms with van der Waals surface area (Å²) in [7, 11) is 0. The van der Waals surface area contributed by atoms with Gasteiger partial charge in [-0.15, -0.1) is 0 Å². The van der Waals surface area contributed by atoms with Gasteiger partial charge in [-0.2, -0.15) is 0 Å². The summed E-state index contributed by atoms with van der Waals surface area (Å²) in [6.45, 7) is 4.66. The highest BCUT2D eigenvalue weighted by atomic mass is 35.5. The lowest BCUT2D eigenvalue weighted by molar-refractivity contribution is -0.108. The number of aryl methyl sites for hydroxylation is 1. The molecular weight excluding hydrogens is 236 g/mol. The van der Waals surface area contributed by atoms with E-state index in [2.05, 4.69) is 6.92 Å². The first-order valence-corrected chi connectivity index (χ1v) is 6.53. The number of hydrogen-bond acceptors (Lipinski definition) is 2. The standard InChI is InChI=1S/C14H19ClO2/c1-3-12-9-14(16,6-7-17-12)11-5-4-10(2)13(15)8-11/h4-5,8,12,16H,3,6-7,9H2,1-2H3. The minimum absolute atomic E-state index is 0.147. The first kappa shape index (κ1) is 12.9. The van der Waals surface area contributed by atoms with E-state index in [0.29, 0.717) is 19.4 Å². The van der Waals surface area contributed by atoms with Crippen LogP contribution in [0.25, 0.3) is 0 Å². The molecular formula is C14H19ClO2. The lowest BCUT2D eigenvalue weighted by Gasteiger charge is -2.37. The van der Waals surface area contributed by atoms with E-state index in [9.17, 15) is 5.11 Å². The average Bonchev–Trinajstić information content (AvgIpc) is 2.32. The zero-order chi connectivity index (χ0) is 12.5. The molecule has 1 saturated heterocycles. The van der Waals surface area contributed by atoms with E-state index in [4.69, 9.17) is 16.3 Å². The molecule has 3 heteroatoms. The van der Waals surface area contributed by atoms with Crippen molar-refractivity contribution in [3.8, 4) is 0 Å². The van der Waals surface area contributed by atoms with E-state index in [1.807, 2.05) is 25.1 Å². The molecule has 94 valence electrons. The van der Waals surface area contributed by atoms with Gasteiger partial charge in [0.15, 0.2) is 0 Å². The third-order valence-electron chi connectivity index (χ3n) is 3.60. The SMILES string of the molecule is CCC1CC(O)(c2ccc(C)c(Cl)c2)CCO1. The summed E-state index contributed by atoms with van der Waals surface area (Å²) in [5.74, 6) is 0. The topological polar surface area (TPSA) is 29.5 Å². The molecule has 0 spiro atoms. The van der Waals surface area contributed by atoms with Crippen molar-refractivity contribution < 1.29 is 9.84 Å². The van der Waals surface area contributed by atoms with Crippen LogP contribution in [0.15, 0.2) is 18.2 Å². The zero-order valence-corrected chi connectivity index (χ0v) is 11.1. The molecule has 1 aliphatic rings. The van der Waals surface area contributed by atoms with Crippen LogP contribution in [-0.4, -0.2) is 17.8 Å². The first-order valence-electron chi connectivity index (χ1n) is 6.16. The molecule has 2 unspecified atom stereocenters. The van der Waals surface area contributed by atoms with Gasteiger partial charge < -0.3 is 9.84 Å². The second kappa shape index (κ2) is 4.97. The molecule has 1 aliphatic heterocycles. The van der Waals surface area contributed by atoms with Gasteiger partial charge in [-0.25, -0.2) is 0 Å². The number of benzene rings is 1. The van der Waals surface area contributed by atoms with E-state index in [1.54, 1.807) is 0 Å². The molecule has 1 heterocycles. The Hall–Kier alpha value is -0.570. The highest BCUT2D eigenvalue weighted by molar-refractivity contribution is 6.31. The Labute approximate surface area is 108 Å². The van der Waals surface area contributed by atoms with Gasteiger partial charge in [0.2, 0.25) is 0 Å². The summed E-state index contributed by atoms with van der Waals surface area (Å²) in [5, 5.41) is 11.4. The van der Waals surface area contributed by atoms with Crippen LogP contribution in [0.4, 0.5) is 0 Å². The van der Waals surface area contributed by atoms with Crippen LogP contribution in [0.2, 0.25) is 5.02 Å². The fraction of sp³-hybridized carbons (Fsp3) is 0.571. The van der Waals surface area contributed by atoms with Crippen molar-refractivity contribution in [2.24, 2.45) is 0 Å². The second-order valence-electron chi connectivity index (χ2n) is 4.85. The smallest absolute Gasteiger partial charge is 0.0943 e. The van der Waals surface area contributed by atoms with E-state index in [1.165, 1.54) is 0 Å². The monoisotopic (exact) mass is 254 g/mol. The molecule has 1 aromatic rings. The van der Waals surface area contributed by atoms with E-state index in [0.717, 1.165) is 22.6 Å². The van der Waals surface area contributed by atoms with E-state index >= 15 is 0 Å². The summed E-state index contributed by atoms with van der Waals surface area (Å²) < 4.78 is 5.61. The molecule has 0 aliphatic carbocycles. The fourth-order valence-electron chi connectivity index (χ4n) is 2.34. The predicted molar refractivity (Wildman–Crippen MR) is 69.4 cm³/mol. The number of halogens is 1. The molecule has 0 amide bonds. The van der Waals surface area contributed by atoms with Gasteiger partial charge in [-0.3, -0.25) is 0 Å². The van der Waals surface area contributed by atoms with Crippen molar-refractivity contribution in [1.82, 2.24) is 0 Å². The maximum atomic E-state index is 10.7. The maximum Gasteiger partial charge on any atom is 0.0943 e. The second-order valence-corrected chi connectivity index (χ2v) is 5.26. The van der Waals surface area contributed by atoms with Gasteiger partial charge in [0.25, 0.3) is 0 Å². The highest BCUT2D eigenvalue weighted by Crippen LogP contribution is 2.36. The Kier molecular flexibility index (Phi) is 3.76. The summed E-state index contributed by atoms with van der Waals surface area (Å²) >= 11 is 6.12. The van der Waals surface area contributed by atoms with Crippen LogP contribution in [0.5, 0.6) is 0 Å². The lowest BCUT2D eigenvalue weighted by Crippen LogP contribution is -2.38. The van der Waals surface area contributed by atoms with Gasteiger partial charge >= 0.3 is 0 Å². The molecule has 1 N–H and O–H groups in total. The van der Waals surface area contributed by atoms with Crippen molar-refractivity contribution in [1.29, 1.82) is 0 Å². The van der Waals surface area contributed by atoms with Crippen LogP contribution in [0, 0.1) is 6.92 Å². The van der Waals surface area contributed by atoms with E-state index in [-0.39, 0.29) is 6.10 Å². The number of hydrogen-bond donors (Lipinski definition) is 1. The normalized spacial score (nSPS) is 29.3. The number of aliphatic hydroxyl groups is 1. The van der Waals surface area contributed by atoms with E-state index < -0.39 is 5.60 Å². The van der Waals surface area contributed by atoms with Gasteiger partial charge in [0.05, 0.1) is 18.3 Å². The van der Waals surface area contributed by atoms with Crippen molar-refractivity contribution >= 4 is 11.6 Å². The zero-order valence-electron chi connectivity index (χ0n) is 10.4. The maximum absolute atomic E-state index is 10.7. The minimum atomic E-state index is -0.781. The van der Waals surface area contributed by atoms with Gasteiger partial charge in [-0.1, -0.05) is 30.7 Å². The third-order valence-corrected chi connectivity index (χ3v) is 4.01. The van der Waals surface area contributed by atoms with Crippen molar-refractivity contribution in [3.63, 3.8) is 0 Å². The molecule has 1 aromatic carbocycles. The number of rotatable bonds is 2. The van der Waals surface area contributed by atoms with Crippen LogP contribution in [0.1, 0.15) is 37.3 Å². The minimum Gasteiger partial charge on any atom is -0.385 e. The molecule has 1 fully saturated rings. The Morgan fingerprint density at radius 1 is 1.53 bits per heavy atom. The summed E-state index contributed by atoms with van der Waals surface area (Å²) in [6, 6.07) is 5.82. The van der Waals surface area contributed by atoms with Gasteiger partial charge in [0.1, 0.15) is 0 Å². The van der Waals surface area contributed by atoms with Crippen molar-refractivity contribution in [2.45, 2.75) is 44.8 Å². The summed E-state index contributed by atoms with van der Waals surface area (Å²) in [5.41, 5.74) is 1.17. The molecule has 17 heavy (non-hydrogen) atoms. The van der Waals surface area contributed by atoms with Crippen molar-refractivity contribution in [2.75, 3.05) is 6.61 Å². The van der Waals surface area contributed by atoms with Crippen molar-refractivity contribution in [3.05, 3.63) is 34.3 Å². The molecule has 0 radical (unpaired) electrons. The summed E-state index contributed by atoms with van der Waals surface area (Å²) in [6.07, 6.45) is 2.38. The van der Waals surface area contributed by atoms with Gasteiger partial charge in [-0.05, 0) is 30.5 Å². The molecule has 2 atom stereocenters. The first-order chi connectivity index (χ1) is 8.05. The number of ether oxygens (including phenoxy) is 1. The molecule has 2 nitrogen and oxygen atoms in total. The Bertz CT molecular complexity index is 405. The fourth-order valence-corrected chi connectivity index (χ4v) is 2.52. The average molecular weight is 255 g/mol. The molecule has 2 rings (SSSR count). The Morgan fingerprint density at radius 3 is 2.94 bits per heavy atom. The van der Waals surface area contributed by atoms with Crippen LogP contribution >= 0.6 is 11.6 Å². The Morgan fingerprint density at radius 2 is 2.29 bits per heavy atom. The molecule has 0 bridgehead atoms. The highest BCUT2D eigenvalue weighted by Gasteiger charge is 2.36. The van der Waals surface area contributed by atoms with Crippen LogP contribution in [0.3, 0.4) is 0 Å². The summed E-state index contributed by atoms with van der Waals surface area (Å²) in [4.78, 5) is 0. The van der Waals surface area contributed by atoms with Crippen LogP contribution < -0.4 is 0 Å². The Balaban J connectivity index is 2.27. The predicted octanol–water partition coefficient (Wildman–Crippen LogP) is 3.43. The largest absolute Gasteiger partial charge is 0.385 e. The van der Waals surface area contributed by atoms with Crippen LogP contribution in [-0.2, 0) is 10.3 Å².